The molecule has 0 aliphatic heterocycles. The SMILES string of the molecule is COC1=CC(=O)c2c(c(COc3ccccc3)c(C)n2C)C1=O. The van der Waals surface area contributed by atoms with Crippen LogP contribution in [0.1, 0.15) is 32.1 Å². The van der Waals surface area contributed by atoms with E-state index in [-0.39, 0.29) is 23.9 Å². The van der Waals surface area contributed by atoms with Gasteiger partial charge in [0.15, 0.2) is 5.76 Å². The van der Waals surface area contributed by atoms with E-state index in [1.165, 1.54) is 13.2 Å². The lowest BCUT2D eigenvalue weighted by Crippen LogP contribution is -2.20. The van der Waals surface area contributed by atoms with Crippen molar-refractivity contribution in [1.82, 2.24) is 4.57 Å². The standard InChI is InChI=1S/C18H17NO4/c1-11-13(10-23-12-7-5-4-6-8-12)16-17(19(11)2)14(20)9-15(22-3)18(16)21/h4-9H,10H2,1-3H3. The second kappa shape index (κ2) is 5.76. The van der Waals surface area contributed by atoms with Crippen LogP contribution in [0.2, 0.25) is 0 Å². The van der Waals surface area contributed by atoms with E-state index < -0.39 is 0 Å². The Morgan fingerprint density at radius 1 is 1.13 bits per heavy atom. The van der Waals surface area contributed by atoms with Gasteiger partial charge in [0.05, 0.1) is 12.7 Å². The number of ketones is 2. The Bertz CT molecular complexity index is 815. The zero-order valence-electron chi connectivity index (χ0n) is 13.3. The fraction of sp³-hybridized carbons (Fsp3) is 0.222. The average molecular weight is 311 g/mol. The van der Waals surface area contributed by atoms with Crippen molar-refractivity contribution < 1.29 is 19.1 Å². The van der Waals surface area contributed by atoms with Gasteiger partial charge in [-0.3, -0.25) is 9.59 Å². The van der Waals surface area contributed by atoms with E-state index in [4.69, 9.17) is 9.47 Å². The maximum Gasteiger partial charge on any atom is 0.230 e. The average Bonchev–Trinajstić information content (AvgIpc) is 2.82. The summed E-state index contributed by atoms with van der Waals surface area (Å²) in [5, 5.41) is 0. The van der Waals surface area contributed by atoms with Crippen molar-refractivity contribution >= 4 is 11.6 Å². The number of para-hydroxylation sites is 1. The van der Waals surface area contributed by atoms with Crippen LogP contribution in [0.15, 0.2) is 42.2 Å². The van der Waals surface area contributed by atoms with Crippen LogP contribution in [-0.2, 0) is 18.4 Å². The molecule has 1 aromatic heterocycles. The number of fused-ring (bicyclic) bond motifs is 1. The molecule has 2 aromatic rings. The smallest absolute Gasteiger partial charge is 0.230 e. The second-order valence-electron chi connectivity index (χ2n) is 5.35. The predicted molar refractivity (Wildman–Crippen MR) is 84.7 cm³/mol. The Labute approximate surface area is 134 Å². The first-order valence-corrected chi connectivity index (χ1v) is 7.25. The van der Waals surface area contributed by atoms with Crippen molar-refractivity contribution in [2.24, 2.45) is 7.05 Å². The minimum atomic E-state index is -0.280. The van der Waals surface area contributed by atoms with Gasteiger partial charge in [0.2, 0.25) is 11.6 Å². The first-order chi connectivity index (χ1) is 11.0. The number of allylic oxidation sites excluding steroid dienone is 2. The minimum Gasteiger partial charge on any atom is -0.492 e. The lowest BCUT2D eigenvalue weighted by Gasteiger charge is -2.13. The number of nitrogens with zero attached hydrogens (tertiary/aromatic N) is 1. The van der Waals surface area contributed by atoms with E-state index >= 15 is 0 Å². The summed E-state index contributed by atoms with van der Waals surface area (Å²) in [5.41, 5.74) is 2.32. The van der Waals surface area contributed by atoms with Gasteiger partial charge in [-0.1, -0.05) is 18.2 Å². The number of Topliss-reactive ketones (excluding diaryl/α,β-unsaturated/α-hetero) is 1. The number of carbonyl (C=O) groups excluding carboxylic acids is 2. The third-order valence-corrected chi connectivity index (χ3v) is 4.11. The Balaban J connectivity index is 2.02. The molecule has 23 heavy (non-hydrogen) atoms. The number of methoxy groups -OCH3 is 1. The summed E-state index contributed by atoms with van der Waals surface area (Å²) in [5.74, 6) is 0.265. The molecule has 0 bridgehead atoms. The van der Waals surface area contributed by atoms with Gasteiger partial charge in [0, 0.05) is 24.4 Å². The Kier molecular flexibility index (Phi) is 3.78. The number of benzene rings is 1. The molecule has 0 radical (unpaired) electrons. The Hall–Kier alpha value is -2.82. The van der Waals surface area contributed by atoms with Gasteiger partial charge in [-0.15, -0.1) is 0 Å². The van der Waals surface area contributed by atoms with Gasteiger partial charge in [-0.05, 0) is 19.1 Å². The van der Waals surface area contributed by atoms with Crippen LogP contribution in [0.25, 0.3) is 0 Å². The van der Waals surface area contributed by atoms with Crippen LogP contribution >= 0.6 is 0 Å². The highest BCUT2D eigenvalue weighted by atomic mass is 16.5. The molecular weight excluding hydrogens is 294 g/mol. The molecule has 0 fully saturated rings. The number of hydrogen-bond donors (Lipinski definition) is 0. The van der Waals surface area contributed by atoms with Gasteiger partial charge < -0.3 is 14.0 Å². The third kappa shape index (κ3) is 2.44. The lowest BCUT2D eigenvalue weighted by molar-refractivity contribution is 0.0912. The summed E-state index contributed by atoms with van der Waals surface area (Å²) < 4.78 is 12.5. The van der Waals surface area contributed by atoms with Crippen LogP contribution in [0.5, 0.6) is 5.75 Å². The summed E-state index contributed by atoms with van der Waals surface area (Å²) in [6.45, 7) is 2.09. The first kappa shape index (κ1) is 15.1. The van der Waals surface area contributed by atoms with E-state index in [2.05, 4.69) is 0 Å². The molecule has 0 N–H and O–H groups in total. The molecule has 5 heteroatoms. The Morgan fingerprint density at radius 3 is 2.48 bits per heavy atom. The molecule has 1 aromatic carbocycles. The van der Waals surface area contributed by atoms with Crippen molar-refractivity contribution in [3.63, 3.8) is 0 Å². The van der Waals surface area contributed by atoms with Crippen molar-refractivity contribution in [2.45, 2.75) is 13.5 Å². The molecule has 0 spiro atoms. The van der Waals surface area contributed by atoms with Crippen molar-refractivity contribution in [1.29, 1.82) is 0 Å². The van der Waals surface area contributed by atoms with E-state index in [9.17, 15) is 9.59 Å². The third-order valence-electron chi connectivity index (χ3n) is 4.11. The molecule has 0 amide bonds. The van der Waals surface area contributed by atoms with Crippen molar-refractivity contribution in [3.05, 3.63) is 64.7 Å². The van der Waals surface area contributed by atoms with Gasteiger partial charge in [-0.25, -0.2) is 0 Å². The number of hydrogen-bond acceptors (Lipinski definition) is 4. The van der Waals surface area contributed by atoms with Gasteiger partial charge in [-0.2, -0.15) is 0 Å². The summed E-state index contributed by atoms with van der Waals surface area (Å²) in [7, 11) is 3.16. The summed E-state index contributed by atoms with van der Waals surface area (Å²) in [4.78, 5) is 24.9. The highest BCUT2D eigenvalue weighted by molar-refractivity contribution is 6.24. The fourth-order valence-corrected chi connectivity index (χ4v) is 2.77. The van der Waals surface area contributed by atoms with Gasteiger partial charge >= 0.3 is 0 Å². The van der Waals surface area contributed by atoms with Crippen molar-refractivity contribution in [2.75, 3.05) is 7.11 Å². The minimum absolute atomic E-state index is 0.0639. The predicted octanol–water partition coefficient (Wildman–Crippen LogP) is 2.82. The summed E-state index contributed by atoms with van der Waals surface area (Å²) >= 11 is 0. The van der Waals surface area contributed by atoms with E-state index in [0.717, 1.165) is 5.69 Å². The molecular formula is C18H17NO4. The maximum absolute atomic E-state index is 12.6. The molecule has 3 rings (SSSR count). The molecule has 0 saturated heterocycles. The van der Waals surface area contributed by atoms with Crippen LogP contribution in [0.3, 0.4) is 0 Å². The van der Waals surface area contributed by atoms with Gasteiger partial charge in [0.1, 0.15) is 18.1 Å². The lowest BCUT2D eigenvalue weighted by atomic mass is 9.96. The zero-order chi connectivity index (χ0) is 16.6. The molecule has 1 heterocycles. The number of ether oxygens (including phenoxy) is 2. The van der Waals surface area contributed by atoms with Crippen LogP contribution in [-0.4, -0.2) is 23.2 Å². The monoisotopic (exact) mass is 311 g/mol. The molecule has 5 nitrogen and oxygen atoms in total. The van der Waals surface area contributed by atoms with E-state index in [1.807, 2.05) is 37.3 Å². The van der Waals surface area contributed by atoms with Crippen LogP contribution < -0.4 is 4.74 Å². The number of aromatic nitrogens is 1. The molecule has 1 aliphatic rings. The number of carbonyl (C=O) groups is 2. The highest BCUT2D eigenvalue weighted by Gasteiger charge is 2.34. The summed E-state index contributed by atoms with van der Waals surface area (Å²) in [6, 6.07) is 9.35. The van der Waals surface area contributed by atoms with Gasteiger partial charge in [0.25, 0.3) is 0 Å². The van der Waals surface area contributed by atoms with Crippen LogP contribution in [0, 0.1) is 6.92 Å². The van der Waals surface area contributed by atoms with E-state index in [1.54, 1.807) is 11.6 Å². The highest BCUT2D eigenvalue weighted by Crippen LogP contribution is 2.30. The normalized spacial score (nSPS) is 13.6. The maximum atomic E-state index is 12.6. The number of rotatable bonds is 4. The quantitative estimate of drug-likeness (QED) is 0.871. The first-order valence-electron chi connectivity index (χ1n) is 7.25. The molecule has 118 valence electrons. The summed E-state index contributed by atoms with van der Waals surface area (Å²) in [6.07, 6.45) is 1.24. The molecule has 0 saturated carbocycles. The largest absolute Gasteiger partial charge is 0.492 e. The zero-order valence-corrected chi connectivity index (χ0v) is 13.3. The van der Waals surface area contributed by atoms with E-state index in [0.29, 0.717) is 22.6 Å². The molecule has 0 atom stereocenters. The van der Waals surface area contributed by atoms with Crippen molar-refractivity contribution in [3.8, 4) is 5.75 Å². The Morgan fingerprint density at radius 2 is 1.83 bits per heavy atom. The fourth-order valence-electron chi connectivity index (χ4n) is 2.77. The van der Waals surface area contributed by atoms with Crippen LogP contribution in [0.4, 0.5) is 0 Å². The second-order valence-corrected chi connectivity index (χ2v) is 5.35. The molecule has 1 aliphatic carbocycles. The topological polar surface area (TPSA) is 57.5 Å². The molecule has 0 unspecified atom stereocenters.